The Kier molecular flexibility index (Phi) is 4.79. The molecule has 0 saturated heterocycles. The normalized spacial score (nSPS) is 13.1. The van der Waals surface area contributed by atoms with Crippen molar-refractivity contribution in [3.8, 4) is 0 Å². The largest absolute Gasteiger partial charge is 0.324 e. The van der Waals surface area contributed by atoms with Gasteiger partial charge in [-0.05, 0) is 31.1 Å². The topological polar surface area (TPSA) is 29.3 Å². The van der Waals surface area contributed by atoms with Crippen molar-refractivity contribution in [3.05, 3.63) is 35.4 Å². The van der Waals surface area contributed by atoms with E-state index in [1.807, 2.05) is 6.92 Å². The summed E-state index contributed by atoms with van der Waals surface area (Å²) in [5.41, 5.74) is 8.58. The van der Waals surface area contributed by atoms with Crippen LogP contribution in [0, 0.1) is 0 Å². The highest BCUT2D eigenvalue weighted by atomic mass is 15.1. The van der Waals surface area contributed by atoms with Gasteiger partial charge in [0.25, 0.3) is 0 Å². The lowest BCUT2D eigenvalue weighted by molar-refractivity contribution is 0.294. The molecule has 2 nitrogen and oxygen atoms in total. The summed E-state index contributed by atoms with van der Waals surface area (Å²) in [5.74, 6) is 0. The summed E-state index contributed by atoms with van der Waals surface area (Å²) < 4.78 is 0. The summed E-state index contributed by atoms with van der Waals surface area (Å²) in [6, 6.07) is 8.58. The molecule has 1 unspecified atom stereocenters. The van der Waals surface area contributed by atoms with Crippen LogP contribution in [0.15, 0.2) is 24.3 Å². The molecule has 0 radical (unpaired) electrons. The van der Waals surface area contributed by atoms with Gasteiger partial charge in [0.1, 0.15) is 0 Å². The van der Waals surface area contributed by atoms with Crippen LogP contribution in [-0.2, 0) is 6.54 Å². The first kappa shape index (κ1) is 12.2. The lowest BCUT2D eigenvalue weighted by Crippen LogP contribution is -2.23. The van der Waals surface area contributed by atoms with Gasteiger partial charge in [-0.2, -0.15) is 0 Å². The Hall–Kier alpha value is -0.860. The van der Waals surface area contributed by atoms with Crippen molar-refractivity contribution in [2.75, 3.05) is 13.1 Å². The zero-order valence-electron chi connectivity index (χ0n) is 10.0. The summed E-state index contributed by atoms with van der Waals surface area (Å²) in [7, 11) is 0. The molecule has 84 valence electrons. The number of hydrogen-bond acceptors (Lipinski definition) is 2. The van der Waals surface area contributed by atoms with Crippen LogP contribution in [0.2, 0.25) is 0 Å². The van der Waals surface area contributed by atoms with Crippen LogP contribution < -0.4 is 5.73 Å². The van der Waals surface area contributed by atoms with Crippen LogP contribution in [0.4, 0.5) is 0 Å². The highest BCUT2D eigenvalue weighted by Crippen LogP contribution is 2.17. The SMILES string of the molecule is CCN(CC)Cc1ccccc1C(C)N. The molecular weight excluding hydrogens is 184 g/mol. The van der Waals surface area contributed by atoms with Gasteiger partial charge in [0.05, 0.1) is 0 Å². The number of hydrogen-bond donors (Lipinski definition) is 1. The standard InChI is InChI=1S/C13H22N2/c1-4-15(5-2)10-12-8-6-7-9-13(12)11(3)14/h6-9,11H,4-5,10,14H2,1-3H3. The molecule has 0 aliphatic rings. The Balaban J connectivity index is 2.83. The molecule has 2 N–H and O–H groups in total. The van der Waals surface area contributed by atoms with Gasteiger partial charge in [0.2, 0.25) is 0 Å². The molecule has 2 heteroatoms. The maximum Gasteiger partial charge on any atom is 0.0269 e. The van der Waals surface area contributed by atoms with E-state index in [1.54, 1.807) is 0 Å². The quantitative estimate of drug-likeness (QED) is 0.802. The second-order valence-electron chi connectivity index (χ2n) is 3.95. The Bertz CT molecular complexity index is 290. The summed E-state index contributed by atoms with van der Waals surface area (Å²) in [6.07, 6.45) is 0. The monoisotopic (exact) mass is 206 g/mol. The highest BCUT2D eigenvalue weighted by Gasteiger charge is 2.08. The first-order chi connectivity index (χ1) is 7.19. The summed E-state index contributed by atoms with van der Waals surface area (Å²) >= 11 is 0. The van der Waals surface area contributed by atoms with Gasteiger partial charge in [-0.25, -0.2) is 0 Å². The fourth-order valence-electron chi connectivity index (χ4n) is 1.81. The van der Waals surface area contributed by atoms with Crippen LogP contribution >= 0.6 is 0 Å². The Morgan fingerprint density at radius 3 is 2.33 bits per heavy atom. The van der Waals surface area contributed by atoms with Gasteiger partial charge >= 0.3 is 0 Å². The smallest absolute Gasteiger partial charge is 0.0269 e. The zero-order chi connectivity index (χ0) is 11.3. The molecule has 0 fully saturated rings. The minimum Gasteiger partial charge on any atom is -0.324 e. The molecule has 0 heterocycles. The minimum atomic E-state index is 0.122. The van der Waals surface area contributed by atoms with E-state index in [2.05, 4.69) is 43.0 Å². The molecule has 0 aliphatic heterocycles. The Morgan fingerprint density at radius 2 is 1.80 bits per heavy atom. The molecule has 0 aromatic heterocycles. The van der Waals surface area contributed by atoms with Gasteiger partial charge in [-0.15, -0.1) is 0 Å². The lowest BCUT2D eigenvalue weighted by Gasteiger charge is -2.21. The van der Waals surface area contributed by atoms with Crippen LogP contribution in [0.1, 0.15) is 37.9 Å². The third-order valence-electron chi connectivity index (χ3n) is 2.83. The van der Waals surface area contributed by atoms with Crippen molar-refractivity contribution in [2.45, 2.75) is 33.4 Å². The maximum absolute atomic E-state index is 5.95. The van der Waals surface area contributed by atoms with Gasteiger partial charge in [0, 0.05) is 12.6 Å². The summed E-state index contributed by atoms with van der Waals surface area (Å²) in [6.45, 7) is 9.61. The van der Waals surface area contributed by atoms with Gasteiger partial charge < -0.3 is 5.73 Å². The van der Waals surface area contributed by atoms with Crippen LogP contribution in [0.25, 0.3) is 0 Å². The van der Waals surface area contributed by atoms with E-state index in [1.165, 1.54) is 11.1 Å². The number of nitrogens with two attached hydrogens (primary N) is 1. The fourth-order valence-corrected chi connectivity index (χ4v) is 1.81. The summed E-state index contributed by atoms with van der Waals surface area (Å²) in [4.78, 5) is 2.40. The molecule has 1 atom stereocenters. The van der Waals surface area contributed by atoms with Crippen molar-refractivity contribution >= 4 is 0 Å². The Morgan fingerprint density at radius 1 is 1.20 bits per heavy atom. The average Bonchev–Trinajstić information content (AvgIpc) is 2.26. The maximum atomic E-state index is 5.95. The molecular formula is C13H22N2. The molecule has 15 heavy (non-hydrogen) atoms. The predicted octanol–water partition coefficient (Wildman–Crippen LogP) is 2.55. The lowest BCUT2D eigenvalue weighted by atomic mass is 10.0. The summed E-state index contributed by atoms with van der Waals surface area (Å²) in [5, 5.41) is 0. The second-order valence-corrected chi connectivity index (χ2v) is 3.95. The predicted molar refractivity (Wildman–Crippen MR) is 65.7 cm³/mol. The fraction of sp³-hybridized carbons (Fsp3) is 0.538. The minimum absolute atomic E-state index is 0.122. The van der Waals surface area contributed by atoms with Crippen molar-refractivity contribution in [3.63, 3.8) is 0 Å². The van der Waals surface area contributed by atoms with Crippen LogP contribution in [0.3, 0.4) is 0 Å². The number of nitrogens with zero attached hydrogens (tertiary/aromatic N) is 1. The van der Waals surface area contributed by atoms with Gasteiger partial charge in [0.15, 0.2) is 0 Å². The molecule has 1 rings (SSSR count). The molecule has 0 aliphatic carbocycles. The van der Waals surface area contributed by atoms with Crippen molar-refractivity contribution in [2.24, 2.45) is 5.73 Å². The number of rotatable bonds is 5. The molecule has 1 aromatic carbocycles. The van der Waals surface area contributed by atoms with E-state index >= 15 is 0 Å². The average molecular weight is 206 g/mol. The van der Waals surface area contributed by atoms with Crippen LogP contribution in [-0.4, -0.2) is 18.0 Å². The van der Waals surface area contributed by atoms with E-state index in [9.17, 15) is 0 Å². The van der Waals surface area contributed by atoms with Crippen LogP contribution in [0.5, 0.6) is 0 Å². The van der Waals surface area contributed by atoms with Gasteiger partial charge in [-0.3, -0.25) is 4.90 Å². The van der Waals surface area contributed by atoms with E-state index in [-0.39, 0.29) is 6.04 Å². The van der Waals surface area contributed by atoms with E-state index < -0.39 is 0 Å². The molecule has 0 spiro atoms. The first-order valence-electron chi connectivity index (χ1n) is 5.74. The van der Waals surface area contributed by atoms with Gasteiger partial charge in [-0.1, -0.05) is 38.1 Å². The Labute approximate surface area is 93.1 Å². The van der Waals surface area contributed by atoms with E-state index in [4.69, 9.17) is 5.73 Å². The van der Waals surface area contributed by atoms with Crippen molar-refractivity contribution in [1.82, 2.24) is 4.90 Å². The third-order valence-corrected chi connectivity index (χ3v) is 2.83. The zero-order valence-corrected chi connectivity index (χ0v) is 10.0. The third kappa shape index (κ3) is 3.33. The molecule has 0 bridgehead atoms. The van der Waals surface area contributed by atoms with E-state index in [0.29, 0.717) is 0 Å². The first-order valence-corrected chi connectivity index (χ1v) is 5.74. The highest BCUT2D eigenvalue weighted by molar-refractivity contribution is 5.29. The number of benzene rings is 1. The second kappa shape index (κ2) is 5.89. The van der Waals surface area contributed by atoms with Crippen molar-refractivity contribution in [1.29, 1.82) is 0 Å². The molecule has 0 amide bonds. The molecule has 1 aromatic rings. The van der Waals surface area contributed by atoms with Crippen molar-refractivity contribution < 1.29 is 0 Å². The van der Waals surface area contributed by atoms with E-state index in [0.717, 1.165) is 19.6 Å². The molecule has 0 saturated carbocycles.